The van der Waals surface area contributed by atoms with E-state index in [9.17, 15) is 9.59 Å². The van der Waals surface area contributed by atoms with E-state index in [4.69, 9.17) is 9.57 Å². The van der Waals surface area contributed by atoms with Crippen LogP contribution in [-0.4, -0.2) is 70.4 Å². The van der Waals surface area contributed by atoms with Crippen molar-refractivity contribution in [3.05, 3.63) is 18.0 Å². The Morgan fingerprint density at radius 3 is 2.96 bits per heavy atom. The molecule has 4 rings (SSSR count). The Morgan fingerprint density at radius 2 is 2.21 bits per heavy atom. The van der Waals surface area contributed by atoms with Crippen LogP contribution in [0.1, 0.15) is 36.2 Å². The van der Waals surface area contributed by atoms with Gasteiger partial charge in [-0.25, -0.2) is 5.06 Å². The molecule has 8 heteroatoms. The van der Waals surface area contributed by atoms with E-state index in [0.717, 1.165) is 25.7 Å². The van der Waals surface area contributed by atoms with Gasteiger partial charge in [-0.05, 0) is 37.7 Å². The number of nitrogens with zero attached hydrogens (tertiary/aromatic N) is 3. The van der Waals surface area contributed by atoms with Crippen LogP contribution in [0.15, 0.2) is 12.3 Å². The van der Waals surface area contributed by atoms with Gasteiger partial charge in [0.15, 0.2) is 0 Å². The van der Waals surface area contributed by atoms with Crippen molar-refractivity contribution in [2.24, 2.45) is 5.92 Å². The van der Waals surface area contributed by atoms with E-state index in [0.29, 0.717) is 37.9 Å². The maximum atomic E-state index is 12.5. The SMILES string of the molecule is O=C(c1ccn[nH]1)N1CC[C@H]2C[C@@H](C(=O)N3CCCCO3)O[C@@H]2C1. The van der Waals surface area contributed by atoms with Crippen molar-refractivity contribution < 1.29 is 19.2 Å². The lowest BCUT2D eigenvalue weighted by Crippen LogP contribution is -2.46. The molecule has 0 aromatic carbocycles. The van der Waals surface area contributed by atoms with Crippen LogP contribution < -0.4 is 0 Å². The highest BCUT2D eigenvalue weighted by atomic mass is 16.7. The minimum Gasteiger partial charge on any atom is -0.363 e. The Balaban J connectivity index is 1.37. The molecular formula is C16H22N4O4. The van der Waals surface area contributed by atoms with Crippen molar-refractivity contribution in [3.63, 3.8) is 0 Å². The van der Waals surface area contributed by atoms with Crippen LogP contribution in [0, 0.1) is 5.92 Å². The fraction of sp³-hybridized carbons (Fsp3) is 0.688. The molecule has 24 heavy (non-hydrogen) atoms. The predicted molar refractivity (Wildman–Crippen MR) is 82.8 cm³/mol. The maximum absolute atomic E-state index is 12.5. The summed E-state index contributed by atoms with van der Waals surface area (Å²) in [6.07, 6.45) is 4.58. The summed E-state index contributed by atoms with van der Waals surface area (Å²) in [6.45, 7) is 2.44. The average molecular weight is 334 g/mol. The first kappa shape index (κ1) is 15.6. The monoisotopic (exact) mass is 334 g/mol. The summed E-state index contributed by atoms with van der Waals surface area (Å²) in [5.41, 5.74) is 0.487. The summed E-state index contributed by atoms with van der Waals surface area (Å²) in [5, 5.41) is 7.99. The summed E-state index contributed by atoms with van der Waals surface area (Å²) in [7, 11) is 0. The number of likely N-dealkylation sites (tertiary alicyclic amines) is 1. The molecule has 0 saturated carbocycles. The van der Waals surface area contributed by atoms with Crippen molar-refractivity contribution in [2.75, 3.05) is 26.2 Å². The van der Waals surface area contributed by atoms with Gasteiger partial charge in [0.2, 0.25) is 0 Å². The third kappa shape index (κ3) is 2.91. The van der Waals surface area contributed by atoms with Gasteiger partial charge < -0.3 is 9.64 Å². The number of rotatable bonds is 2. The number of ether oxygens (including phenoxy) is 1. The van der Waals surface area contributed by atoms with Gasteiger partial charge in [-0.15, -0.1) is 0 Å². The second-order valence-electron chi connectivity index (χ2n) is 6.65. The molecule has 4 heterocycles. The Hall–Kier alpha value is -1.93. The lowest BCUT2D eigenvalue weighted by atomic mass is 9.91. The zero-order chi connectivity index (χ0) is 16.5. The summed E-state index contributed by atoms with van der Waals surface area (Å²) in [5.74, 6) is 0.189. The van der Waals surface area contributed by atoms with Crippen LogP contribution in [0.4, 0.5) is 0 Å². The minimum atomic E-state index is -0.444. The van der Waals surface area contributed by atoms with Gasteiger partial charge in [0.25, 0.3) is 11.8 Å². The number of H-pyrrole nitrogens is 1. The zero-order valence-corrected chi connectivity index (χ0v) is 13.5. The number of amides is 2. The molecule has 3 aliphatic heterocycles. The van der Waals surface area contributed by atoms with Crippen molar-refractivity contribution in [2.45, 2.75) is 37.9 Å². The standard InChI is InChI=1S/C16H22N4O4/c21-15(12-3-5-17-18-12)19-7-4-11-9-13(24-14(11)10-19)16(22)20-6-1-2-8-23-20/h3,5,11,13-14H,1-2,4,6-10H2,(H,17,18)/t11-,13-,14+/m0/s1. The molecule has 0 bridgehead atoms. The number of carbonyl (C=O) groups is 2. The second-order valence-corrected chi connectivity index (χ2v) is 6.65. The average Bonchev–Trinajstić information content (AvgIpc) is 3.30. The summed E-state index contributed by atoms with van der Waals surface area (Å²) < 4.78 is 5.99. The zero-order valence-electron chi connectivity index (χ0n) is 13.5. The fourth-order valence-electron chi connectivity index (χ4n) is 3.75. The van der Waals surface area contributed by atoms with Gasteiger partial charge >= 0.3 is 0 Å². The van der Waals surface area contributed by atoms with Crippen LogP contribution in [0.3, 0.4) is 0 Å². The van der Waals surface area contributed by atoms with Crippen LogP contribution in [0.25, 0.3) is 0 Å². The van der Waals surface area contributed by atoms with Gasteiger partial charge in [-0.1, -0.05) is 0 Å². The molecule has 3 fully saturated rings. The Kier molecular flexibility index (Phi) is 4.24. The predicted octanol–water partition coefficient (Wildman–Crippen LogP) is 0.583. The highest BCUT2D eigenvalue weighted by molar-refractivity contribution is 5.92. The molecule has 0 aliphatic carbocycles. The summed E-state index contributed by atoms with van der Waals surface area (Å²) in [4.78, 5) is 32.2. The molecule has 130 valence electrons. The van der Waals surface area contributed by atoms with Crippen LogP contribution in [0.2, 0.25) is 0 Å². The first-order valence-electron chi connectivity index (χ1n) is 8.61. The van der Waals surface area contributed by atoms with Crippen LogP contribution in [-0.2, 0) is 14.4 Å². The van der Waals surface area contributed by atoms with Gasteiger partial charge in [0.1, 0.15) is 11.8 Å². The van der Waals surface area contributed by atoms with Crippen molar-refractivity contribution in [3.8, 4) is 0 Å². The first-order valence-corrected chi connectivity index (χ1v) is 8.61. The van der Waals surface area contributed by atoms with E-state index in [1.54, 1.807) is 17.2 Å². The Labute approximate surface area is 140 Å². The smallest absolute Gasteiger partial charge is 0.275 e. The lowest BCUT2D eigenvalue weighted by molar-refractivity contribution is -0.206. The third-order valence-electron chi connectivity index (χ3n) is 5.09. The largest absolute Gasteiger partial charge is 0.363 e. The number of carbonyl (C=O) groups excluding carboxylic acids is 2. The first-order chi connectivity index (χ1) is 11.7. The molecule has 1 N–H and O–H groups in total. The number of aromatic amines is 1. The maximum Gasteiger partial charge on any atom is 0.275 e. The van der Waals surface area contributed by atoms with Crippen molar-refractivity contribution in [1.29, 1.82) is 0 Å². The molecule has 3 aliphatic rings. The normalized spacial score (nSPS) is 30.2. The highest BCUT2D eigenvalue weighted by Gasteiger charge is 2.44. The second kappa shape index (κ2) is 6.52. The fourth-order valence-corrected chi connectivity index (χ4v) is 3.75. The number of hydrogen-bond acceptors (Lipinski definition) is 5. The number of aromatic nitrogens is 2. The molecule has 0 unspecified atom stereocenters. The van der Waals surface area contributed by atoms with E-state index in [1.165, 1.54) is 5.06 Å². The van der Waals surface area contributed by atoms with E-state index >= 15 is 0 Å². The molecule has 3 atom stereocenters. The third-order valence-corrected chi connectivity index (χ3v) is 5.09. The quantitative estimate of drug-likeness (QED) is 0.855. The number of hydrogen-bond donors (Lipinski definition) is 1. The molecule has 0 spiro atoms. The van der Waals surface area contributed by atoms with Gasteiger partial charge in [-0.3, -0.25) is 19.5 Å². The van der Waals surface area contributed by atoms with E-state index in [1.807, 2.05) is 0 Å². The van der Waals surface area contributed by atoms with E-state index < -0.39 is 6.10 Å². The van der Waals surface area contributed by atoms with Crippen LogP contribution >= 0.6 is 0 Å². The minimum absolute atomic E-state index is 0.0660. The van der Waals surface area contributed by atoms with Gasteiger partial charge in [0.05, 0.1) is 12.7 Å². The van der Waals surface area contributed by atoms with E-state index in [2.05, 4.69) is 10.2 Å². The molecular weight excluding hydrogens is 312 g/mol. The molecule has 1 aromatic heterocycles. The molecule has 1 aromatic rings. The summed E-state index contributed by atoms with van der Waals surface area (Å²) in [6, 6.07) is 1.67. The van der Waals surface area contributed by atoms with Crippen LogP contribution in [0.5, 0.6) is 0 Å². The molecule has 0 radical (unpaired) electrons. The number of nitrogens with one attached hydrogen (secondary N) is 1. The number of piperidine rings is 1. The number of fused-ring (bicyclic) bond motifs is 1. The molecule has 2 amide bonds. The number of hydroxylamine groups is 2. The lowest BCUT2D eigenvalue weighted by Gasteiger charge is -2.33. The Morgan fingerprint density at radius 1 is 1.29 bits per heavy atom. The summed E-state index contributed by atoms with van der Waals surface area (Å²) >= 11 is 0. The highest BCUT2D eigenvalue weighted by Crippen LogP contribution is 2.34. The molecule has 3 saturated heterocycles. The Bertz CT molecular complexity index is 599. The van der Waals surface area contributed by atoms with Gasteiger partial charge in [0, 0.05) is 25.8 Å². The van der Waals surface area contributed by atoms with Gasteiger partial charge in [-0.2, -0.15) is 5.10 Å². The topological polar surface area (TPSA) is 87.8 Å². The molecule has 8 nitrogen and oxygen atoms in total. The van der Waals surface area contributed by atoms with Crippen molar-refractivity contribution in [1.82, 2.24) is 20.2 Å². The van der Waals surface area contributed by atoms with Crippen molar-refractivity contribution >= 4 is 11.8 Å². The van der Waals surface area contributed by atoms with E-state index in [-0.39, 0.29) is 17.9 Å².